The molecule has 0 spiro atoms. The van der Waals surface area contributed by atoms with Crippen molar-refractivity contribution in [2.45, 2.75) is 16.1 Å². The zero-order valence-corrected chi connectivity index (χ0v) is 8.97. The summed E-state index contributed by atoms with van der Waals surface area (Å²) in [6.07, 6.45) is 3.59. The Morgan fingerprint density at radius 2 is 2.36 bits per heavy atom. The Hall–Kier alpha value is -0.281. The van der Waals surface area contributed by atoms with Gasteiger partial charge in [-0.3, -0.25) is 0 Å². The summed E-state index contributed by atoms with van der Waals surface area (Å²) >= 11 is 3.33. The third kappa shape index (κ3) is 2.07. The average molecular weight is 276 g/mol. The summed E-state index contributed by atoms with van der Waals surface area (Å²) in [7, 11) is 0. The molecule has 0 N–H and O–H groups in total. The van der Waals surface area contributed by atoms with Crippen LogP contribution in [-0.4, -0.2) is 18.2 Å². The molecule has 2 nitrogen and oxygen atoms in total. The Labute approximate surface area is 80.2 Å². The van der Waals surface area contributed by atoms with Crippen LogP contribution in [0, 0.1) is 22.7 Å². The molecular formula is C7H5BrN2Se. The second kappa shape index (κ2) is 3.41. The Morgan fingerprint density at radius 1 is 1.64 bits per heavy atom. The van der Waals surface area contributed by atoms with Crippen molar-refractivity contribution in [2.24, 2.45) is 0 Å². The Balaban J connectivity index is 2.78. The van der Waals surface area contributed by atoms with E-state index in [1.54, 1.807) is 0 Å². The number of rotatable bonds is 0. The van der Waals surface area contributed by atoms with Gasteiger partial charge in [-0.1, -0.05) is 0 Å². The van der Waals surface area contributed by atoms with E-state index >= 15 is 0 Å². The van der Waals surface area contributed by atoms with Crippen molar-refractivity contribution in [3.63, 3.8) is 0 Å². The topological polar surface area (TPSA) is 47.6 Å². The maximum atomic E-state index is 8.75. The summed E-state index contributed by atoms with van der Waals surface area (Å²) in [5, 5.41) is 17.3. The molecule has 56 valence electrons. The van der Waals surface area contributed by atoms with Crippen LogP contribution in [0.25, 0.3) is 0 Å². The van der Waals surface area contributed by atoms with Gasteiger partial charge in [-0.05, 0) is 0 Å². The monoisotopic (exact) mass is 276 g/mol. The van der Waals surface area contributed by atoms with Gasteiger partial charge >= 0.3 is 80.2 Å². The number of halogens is 1. The van der Waals surface area contributed by atoms with E-state index in [-0.39, 0.29) is 15.0 Å². The van der Waals surface area contributed by atoms with Gasteiger partial charge in [0, 0.05) is 0 Å². The zero-order valence-electron chi connectivity index (χ0n) is 5.67. The van der Waals surface area contributed by atoms with Crippen molar-refractivity contribution in [1.82, 2.24) is 0 Å². The SMILES string of the molecule is N#CC1=CCCC(Br)(C#N)[Se]1. The van der Waals surface area contributed by atoms with E-state index in [4.69, 9.17) is 10.5 Å². The van der Waals surface area contributed by atoms with Crippen molar-refractivity contribution < 1.29 is 0 Å². The number of hydrogen-bond donors (Lipinski definition) is 0. The summed E-state index contributed by atoms with van der Waals surface area (Å²) in [4.78, 5) is 0. The first-order chi connectivity index (χ1) is 5.20. The van der Waals surface area contributed by atoms with Gasteiger partial charge in [0.1, 0.15) is 0 Å². The van der Waals surface area contributed by atoms with Gasteiger partial charge in [0.15, 0.2) is 0 Å². The van der Waals surface area contributed by atoms with Crippen LogP contribution in [0.1, 0.15) is 12.8 Å². The van der Waals surface area contributed by atoms with Crippen LogP contribution in [0.4, 0.5) is 0 Å². The zero-order chi connectivity index (χ0) is 8.32. The van der Waals surface area contributed by atoms with Crippen molar-refractivity contribution in [2.75, 3.05) is 0 Å². The summed E-state index contributed by atoms with van der Waals surface area (Å²) < 4.78 is 0.363. The predicted octanol–water partition coefficient (Wildman–Crippen LogP) is 1.51. The van der Waals surface area contributed by atoms with Gasteiger partial charge in [-0.2, -0.15) is 0 Å². The first-order valence-electron chi connectivity index (χ1n) is 3.09. The van der Waals surface area contributed by atoms with Gasteiger partial charge in [-0.15, -0.1) is 0 Å². The molecule has 0 amide bonds. The van der Waals surface area contributed by atoms with Gasteiger partial charge in [-0.25, -0.2) is 0 Å². The summed E-state index contributed by atoms with van der Waals surface area (Å²) in [5.41, 5.74) is 0. The fraction of sp³-hybridized carbons (Fsp3) is 0.429. The third-order valence-electron chi connectivity index (χ3n) is 1.34. The van der Waals surface area contributed by atoms with Crippen LogP contribution in [0.15, 0.2) is 10.5 Å². The predicted molar refractivity (Wildman–Crippen MR) is 46.0 cm³/mol. The molecule has 0 saturated carbocycles. The molecule has 0 aromatic rings. The summed E-state index contributed by atoms with van der Waals surface area (Å²) in [5.74, 6) is 0. The minimum atomic E-state index is -0.417. The number of nitrogens with zero attached hydrogens (tertiary/aromatic N) is 2. The standard InChI is InChI=1S/C7H5BrN2Se/c8-7(5-10)3-1-2-6(4-9)11-7/h2H,1,3H2. The van der Waals surface area contributed by atoms with E-state index in [0.29, 0.717) is 0 Å². The molecule has 1 aliphatic rings. The number of allylic oxidation sites excluding steroid dienone is 2. The molecule has 1 atom stereocenters. The molecule has 0 saturated heterocycles. The Morgan fingerprint density at radius 3 is 2.91 bits per heavy atom. The Kier molecular flexibility index (Phi) is 2.73. The molecule has 0 aromatic heterocycles. The second-order valence-electron chi connectivity index (χ2n) is 2.16. The molecule has 11 heavy (non-hydrogen) atoms. The molecule has 1 unspecified atom stereocenters. The quantitative estimate of drug-likeness (QED) is 0.497. The van der Waals surface area contributed by atoms with E-state index in [2.05, 4.69) is 28.1 Å². The van der Waals surface area contributed by atoms with Crippen LogP contribution in [0.5, 0.6) is 0 Å². The van der Waals surface area contributed by atoms with Gasteiger partial charge < -0.3 is 0 Å². The molecule has 0 bridgehead atoms. The Bertz CT molecular complexity index is 273. The summed E-state index contributed by atoms with van der Waals surface area (Å²) in [6, 6.07) is 4.30. The summed E-state index contributed by atoms with van der Waals surface area (Å²) in [6.45, 7) is 0. The van der Waals surface area contributed by atoms with Crippen molar-refractivity contribution in [3.05, 3.63) is 10.5 Å². The molecule has 0 radical (unpaired) electrons. The average Bonchev–Trinajstić information content (AvgIpc) is 2.05. The van der Waals surface area contributed by atoms with Crippen molar-refractivity contribution in [1.29, 1.82) is 10.5 Å². The third-order valence-corrected chi connectivity index (χ3v) is 5.06. The number of nitriles is 2. The molecule has 0 aromatic carbocycles. The van der Waals surface area contributed by atoms with E-state index in [1.807, 2.05) is 6.08 Å². The molecule has 0 fully saturated rings. The first-order valence-corrected chi connectivity index (χ1v) is 5.60. The minimum absolute atomic E-state index is 0.0191. The van der Waals surface area contributed by atoms with Gasteiger partial charge in [0.05, 0.1) is 0 Å². The molecular weight excluding hydrogens is 271 g/mol. The molecule has 4 heteroatoms. The van der Waals surface area contributed by atoms with Gasteiger partial charge in [0.2, 0.25) is 0 Å². The molecule has 1 heterocycles. The molecule has 1 aliphatic heterocycles. The number of hydrogen-bond acceptors (Lipinski definition) is 2. The molecule has 1 rings (SSSR count). The maximum absolute atomic E-state index is 8.75. The van der Waals surface area contributed by atoms with Crippen molar-refractivity contribution >= 4 is 30.9 Å². The fourth-order valence-electron chi connectivity index (χ4n) is 0.803. The molecule has 0 aliphatic carbocycles. The van der Waals surface area contributed by atoms with Gasteiger partial charge in [0.25, 0.3) is 0 Å². The van der Waals surface area contributed by atoms with Crippen LogP contribution in [0.3, 0.4) is 0 Å². The van der Waals surface area contributed by atoms with Crippen LogP contribution < -0.4 is 0 Å². The fourth-order valence-corrected chi connectivity index (χ4v) is 3.74. The second-order valence-corrected chi connectivity index (χ2v) is 7.51. The normalized spacial score (nSPS) is 29.9. The van der Waals surface area contributed by atoms with E-state index in [0.717, 1.165) is 17.3 Å². The van der Waals surface area contributed by atoms with Crippen molar-refractivity contribution in [3.8, 4) is 12.1 Å². The van der Waals surface area contributed by atoms with Crippen LogP contribution in [-0.2, 0) is 0 Å². The van der Waals surface area contributed by atoms with Crippen LogP contribution in [0.2, 0.25) is 0 Å². The van der Waals surface area contributed by atoms with E-state index in [1.165, 1.54) is 0 Å². The van der Waals surface area contributed by atoms with E-state index < -0.39 is 3.22 Å². The number of alkyl halides is 1. The first kappa shape index (κ1) is 8.81. The van der Waals surface area contributed by atoms with Crippen LogP contribution >= 0.6 is 15.9 Å². The van der Waals surface area contributed by atoms with E-state index in [9.17, 15) is 0 Å².